The topological polar surface area (TPSA) is 69.1 Å². The molecule has 0 spiro atoms. The predicted octanol–water partition coefficient (Wildman–Crippen LogP) is 3.42. The summed E-state index contributed by atoms with van der Waals surface area (Å²) < 4.78 is 1.05. The molecule has 4 N–H and O–H groups in total. The quantitative estimate of drug-likeness (QED) is 0.663. The van der Waals surface area contributed by atoms with Gasteiger partial charge in [0, 0.05) is 20.8 Å². The molecule has 19 heavy (non-hydrogen) atoms. The summed E-state index contributed by atoms with van der Waals surface area (Å²) >= 11 is 4.97. The number of halogens is 1. The molecule has 0 fully saturated rings. The van der Waals surface area contributed by atoms with Gasteiger partial charge in [-0.2, -0.15) is 0 Å². The smallest absolute Gasteiger partial charge is 0.249 e. The number of hydrogen-bond donors (Lipinski definition) is 2. The molecule has 0 aliphatic rings. The molecule has 0 saturated carbocycles. The van der Waals surface area contributed by atoms with Crippen LogP contribution in [0, 0.1) is 0 Å². The summed E-state index contributed by atoms with van der Waals surface area (Å²) in [5.41, 5.74) is 13.2. The molecule has 3 nitrogen and oxygen atoms in total. The number of hydrogen-bond acceptors (Lipinski definition) is 3. The molecule has 5 heteroatoms. The van der Waals surface area contributed by atoms with Crippen LogP contribution in [0.2, 0.25) is 0 Å². The van der Waals surface area contributed by atoms with Gasteiger partial charge in [0.15, 0.2) is 0 Å². The zero-order chi connectivity index (χ0) is 13.8. The van der Waals surface area contributed by atoms with Crippen molar-refractivity contribution < 1.29 is 4.79 Å². The van der Waals surface area contributed by atoms with Crippen molar-refractivity contribution in [3.63, 3.8) is 0 Å². The SMILES string of the molecule is NC(=O)c1cc(N)ccc1SCc1ccc(Br)cc1. The summed E-state index contributed by atoms with van der Waals surface area (Å²) in [7, 11) is 0. The summed E-state index contributed by atoms with van der Waals surface area (Å²) in [5, 5.41) is 0. The van der Waals surface area contributed by atoms with Crippen LogP contribution in [-0.4, -0.2) is 5.91 Å². The Kier molecular flexibility index (Phi) is 4.50. The summed E-state index contributed by atoms with van der Waals surface area (Å²) in [6, 6.07) is 13.3. The first kappa shape index (κ1) is 14.0. The average Bonchev–Trinajstić information content (AvgIpc) is 2.39. The van der Waals surface area contributed by atoms with Crippen LogP contribution >= 0.6 is 27.7 Å². The number of rotatable bonds is 4. The van der Waals surface area contributed by atoms with Crippen molar-refractivity contribution >= 4 is 39.3 Å². The van der Waals surface area contributed by atoms with Crippen LogP contribution < -0.4 is 11.5 Å². The Morgan fingerprint density at radius 3 is 2.47 bits per heavy atom. The summed E-state index contributed by atoms with van der Waals surface area (Å²) in [6.07, 6.45) is 0. The van der Waals surface area contributed by atoms with Crippen molar-refractivity contribution in [2.75, 3.05) is 5.73 Å². The predicted molar refractivity (Wildman–Crippen MR) is 83.1 cm³/mol. The summed E-state index contributed by atoms with van der Waals surface area (Å²) in [6.45, 7) is 0. The van der Waals surface area contributed by atoms with Gasteiger partial charge in [-0.25, -0.2) is 0 Å². The third-order valence-electron chi connectivity index (χ3n) is 2.58. The Morgan fingerprint density at radius 1 is 1.16 bits per heavy atom. The zero-order valence-electron chi connectivity index (χ0n) is 10.1. The Balaban J connectivity index is 2.15. The average molecular weight is 337 g/mol. The minimum absolute atomic E-state index is 0.453. The third-order valence-corrected chi connectivity index (χ3v) is 4.25. The van der Waals surface area contributed by atoms with Crippen molar-refractivity contribution in [1.29, 1.82) is 0 Å². The largest absolute Gasteiger partial charge is 0.399 e. The molecular weight excluding hydrogens is 324 g/mol. The van der Waals surface area contributed by atoms with E-state index in [1.807, 2.05) is 30.3 Å². The van der Waals surface area contributed by atoms with Gasteiger partial charge in [0.1, 0.15) is 0 Å². The molecule has 1 amide bonds. The Morgan fingerprint density at radius 2 is 1.84 bits per heavy atom. The van der Waals surface area contributed by atoms with Crippen molar-refractivity contribution in [3.8, 4) is 0 Å². The van der Waals surface area contributed by atoms with Crippen LogP contribution in [0.25, 0.3) is 0 Å². The highest BCUT2D eigenvalue weighted by Gasteiger charge is 2.09. The van der Waals surface area contributed by atoms with E-state index in [1.54, 1.807) is 23.9 Å². The van der Waals surface area contributed by atoms with Crippen molar-refractivity contribution in [3.05, 3.63) is 58.1 Å². The lowest BCUT2D eigenvalue weighted by Gasteiger charge is -2.07. The first-order chi connectivity index (χ1) is 9.06. The van der Waals surface area contributed by atoms with Crippen LogP contribution in [0.5, 0.6) is 0 Å². The third kappa shape index (κ3) is 3.75. The number of nitrogen functional groups attached to an aromatic ring is 1. The normalized spacial score (nSPS) is 10.4. The summed E-state index contributed by atoms with van der Waals surface area (Å²) in [5.74, 6) is 0.322. The molecule has 0 atom stereocenters. The fraction of sp³-hybridized carbons (Fsp3) is 0.0714. The fourth-order valence-corrected chi connectivity index (χ4v) is 2.87. The highest BCUT2D eigenvalue weighted by atomic mass is 79.9. The van der Waals surface area contributed by atoms with Gasteiger partial charge >= 0.3 is 0 Å². The van der Waals surface area contributed by atoms with Crippen LogP contribution in [0.4, 0.5) is 5.69 Å². The molecule has 0 saturated heterocycles. The Hall–Kier alpha value is -1.46. The highest BCUT2D eigenvalue weighted by molar-refractivity contribution is 9.10. The number of carbonyl (C=O) groups excluding carboxylic acids is 1. The number of thioether (sulfide) groups is 1. The van der Waals surface area contributed by atoms with E-state index in [1.165, 1.54) is 5.56 Å². The zero-order valence-corrected chi connectivity index (χ0v) is 12.5. The van der Waals surface area contributed by atoms with Gasteiger partial charge in [-0.05, 0) is 35.9 Å². The number of carbonyl (C=O) groups is 1. The van der Waals surface area contributed by atoms with Crippen molar-refractivity contribution in [2.45, 2.75) is 10.6 Å². The maximum atomic E-state index is 11.4. The number of amides is 1. The van der Waals surface area contributed by atoms with Gasteiger partial charge in [-0.1, -0.05) is 28.1 Å². The Labute approximate surface area is 124 Å². The molecule has 2 aromatic rings. The number of primary amides is 1. The van der Waals surface area contributed by atoms with E-state index in [2.05, 4.69) is 15.9 Å². The molecule has 0 heterocycles. The maximum Gasteiger partial charge on any atom is 0.249 e. The minimum atomic E-state index is -0.453. The van der Waals surface area contributed by atoms with Gasteiger partial charge in [0.2, 0.25) is 5.91 Å². The molecule has 0 aliphatic carbocycles. The lowest BCUT2D eigenvalue weighted by molar-refractivity contribution is 0.0997. The molecule has 0 bridgehead atoms. The standard InChI is InChI=1S/C14H13BrN2OS/c15-10-3-1-9(2-4-10)8-19-13-6-5-11(16)7-12(13)14(17)18/h1-7H,8,16H2,(H2,17,18). The fourth-order valence-electron chi connectivity index (χ4n) is 1.61. The van der Waals surface area contributed by atoms with Crippen LogP contribution in [0.3, 0.4) is 0 Å². The lowest BCUT2D eigenvalue weighted by Crippen LogP contribution is -2.12. The maximum absolute atomic E-state index is 11.4. The van der Waals surface area contributed by atoms with Crippen molar-refractivity contribution in [1.82, 2.24) is 0 Å². The number of nitrogens with two attached hydrogens (primary N) is 2. The van der Waals surface area contributed by atoms with Crippen molar-refractivity contribution in [2.24, 2.45) is 5.73 Å². The van der Waals surface area contributed by atoms with E-state index >= 15 is 0 Å². The highest BCUT2D eigenvalue weighted by Crippen LogP contribution is 2.28. The molecule has 0 aliphatic heterocycles. The van der Waals surface area contributed by atoms with Crippen LogP contribution in [0.1, 0.15) is 15.9 Å². The van der Waals surface area contributed by atoms with Gasteiger partial charge in [0.05, 0.1) is 5.56 Å². The van der Waals surface area contributed by atoms with Gasteiger partial charge in [-0.15, -0.1) is 11.8 Å². The minimum Gasteiger partial charge on any atom is -0.399 e. The number of anilines is 1. The molecule has 0 radical (unpaired) electrons. The molecule has 2 aromatic carbocycles. The second kappa shape index (κ2) is 6.12. The first-order valence-corrected chi connectivity index (χ1v) is 7.40. The van der Waals surface area contributed by atoms with Crippen LogP contribution in [-0.2, 0) is 5.75 Å². The van der Waals surface area contributed by atoms with E-state index in [0.717, 1.165) is 15.1 Å². The van der Waals surface area contributed by atoms with E-state index in [-0.39, 0.29) is 0 Å². The van der Waals surface area contributed by atoms with E-state index < -0.39 is 5.91 Å². The van der Waals surface area contributed by atoms with E-state index in [4.69, 9.17) is 11.5 Å². The van der Waals surface area contributed by atoms with E-state index in [9.17, 15) is 4.79 Å². The second-order valence-corrected chi connectivity index (χ2v) is 5.97. The van der Waals surface area contributed by atoms with Gasteiger partial charge < -0.3 is 11.5 Å². The van der Waals surface area contributed by atoms with E-state index in [0.29, 0.717) is 11.3 Å². The molecule has 0 aromatic heterocycles. The van der Waals surface area contributed by atoms with Gasteiger partial charge in [-0.3, -0.25) is 4.79 Å². The first-order valence-electron chi connectivity index (χ1n) is 5.63. The molecular formula is C14H13BrN2OS. The van der Waals surface area contributed by atoms with Crippen LogP contribution in [0.15, 0.2) is 51.8 Å². The van der Waals surface area contributed by atoms with Gasteiger partial charge in [0.25, 0.3) is 0 Å². The lowest BCUT2D eigenvalue weighted by atomic mass is 10.2. The second-order valence-electron chi connectivity index (χ2n) is 4.03. The molecule has 98 valence electrons. The Bertz CT molecular complexity index is 599. The summed E-state index contributed by atoms with van der Waals surface area (Å²) in [4.78, 5) is 12.2. The molecule has 2 rings (SSSR count). The number of benzene rings is 2. The monoisotopic (exact) mass is 336 g/mol. The molecule has 0 unspecified atom stereocenters.